The molecular formula is C21H25F4N3O. The number of fused-ring (bicyclic) bond motifs is 1. The fraction of sp³-hybridized carbons (Fsp3) is 0.524. The van der Waals surface area contributed by atoms with Gasteiger partial charge >= 0.3 is 0 Å². The fourth-order valence-electron chi connectivity index (χ4n) is 3.91. The minimum atomic E-state index is -1.46. The lowest BCUT2D eigenvalue weighted by Crippen LogP contribution is -2.27. The van der Waals surface area contributed by atoms with Gasteiger partial charge in [0.05, 0.1) is 5.69 Å². The summed E-state index contributed by atoms with van der Waals surface area (Å²) in [6, 6.07) is 0. The molecule has 1 N–H and O–H groups in total. The van der Waals surface area contributed by atoms with E-state index in [-0.39, 0.29) is 12.3 Å². The van der Waals surface area contributed by atoms with Crippen molar-refractivity contribution in [3.63, 3.8) is 0 Å². The number of nitrogens with zero attached hydrogens (tertiary/aromatic N) is 2. The maximum atomic E-state index is 14.4. The Morgan fingerprint density at radius 2 is 1.72 bits per heavy atom. The number of nitrogens with one attached hydrogen (secondary N) is 1. The van der Waals surface area contributed by atoms with E-state index in [1.807, 2.05) is 13.8 Å². The van der Waals surface area contributed by atoms with Crippen LogP contribution in [-0.4, -0.2) is 15.7 Å². The molecule has 1 heterocycles. The number of aromatic nitrogens is 2. The Morgan fingerprint density at radius 1 is 1.10 bits per heavy atom. The molecule has 0 saturated carbocycles. The highest BCUT2D eigenvalue weighted by Gasteiger charge is 2.30. The number of amides is 1. The normalized spacial score (nSPS) is 15.6. The predicted molar refractivity (Wildman–Crippen MR) is 101 cm³/mol. The summed E-state index contributed by atoms with van der Waals surface area (Å²) in [7, 11) is 1.62. The number of benzene rings is 1. The van der Waals surface area contributed by atoms with Gasteiger partial charge < -0.3 is 5.32 Å². The molecule has 1 amide bonds. The Kier molecular flexibility index (Phi) is 6.29. The summed E-state index contributed by atoms with van der Waals surface area (Å²) in [5.41, 5.74) is 0.551. The maximum absolute atomic E-state index is 14.4. The number of carbonyl (C=O) groups is 1. The minimum Gasteiger partial charge on any atom is -0.346 e. The Labute approximate surface area is 167 Å². The first-order valence-corrected chi connectivity index (χ1v) is 9.95. The quantitative estimate of drug-likeness (QED) is 0.408. The largest absolute Gasteiger partial charge is 0.346 e. The predicted octanol–water partition coefficient (Wildman–Crippen LogP) is 4.69. The number of hydrogen-bond donors (Lipinski definition) is 1. The summed E-state index contributed by atoms with van der Waals surface area (Å²) in [5, 5.41) is 6.73. The number of aryl methyl sites for hydroxylation is 1. The number of unbranched alkanes of at least 4 members (excludes halogenated alkanes) is 2. The monoisotopic (exact) mass is 411 g/mol. The zero-order valence-electron chi connectivity index (χ0n) is 16.8. The van der Waals surface area contributed by atoms with E-state index in [1.54, 1.807) is 7.05 Å². The zero-order valence-corrected chi connectivity index (χ0v) is 16.8. The van der Waals surface area contributed by atoms with Crippen molar-refractivity contribution in [1.82, 2.24) is 15.1 Å². The SMILES string of the molecule is CCCCCc1c(F)c(F)c(CNC(=O)c2c3c(nn2C)C(C)CC3)c(F)c1F. The van der Waals surface area contributed by atoms with E-state index in [2.05, 4.69) is 10.4 Å². The van der Waals surface area contributed by atoms with Crippen LogP contribution in [0.4, 0.5) is 17.6 Å². The lowest BCUT2D eigenvalue weighted by molar-refractivity contribution is 0.0939. The van der Waals surface area contributed by atoms with E-state index in [0.29, 0.717) is 25.0 Å². The van der Waals surface area contributed by atoms with Gasteiger partial charge in [0.15, 0.2) is 23.3 Å². The molecule has 29 heavy (non-hydrogen) atoms. The van der Waals surface area contributed by atoms with Gasteiger partial charge in [-0.3, -0.25) is 9.48 Å². The summed E-state index contributed by atoms with van der Waals surface area (Å²) < 4.78 is 58.9. The molecule has 1 aliphatic rings. The first-order valence-electron chi connectivity index (χ1n) is 9.95. The highest BCUT2D eigenvalue weighted by molar-refractivity contribution is 5.94. The molecule has 8 heteroatoms. The van der Waals surface area contributed by atoms with Crippen LogP contribution >= 0.6 is 0 Å². The summed E-state index contributed by atoms with van der Waals surface area (Å²) in [5.74, 6) is -6.05. The van der Waals surface area contributed by atoms with E-state index in [0.717, 1.165) is 24.1 Å². The third-order valence-corrected chi connectivity index (χ3v) is 5.59. The van der Waals surface area contributed by atoms with Gasteiger partial charge in [-0.05, 0) is 25.7 Å². The van der Waals surface area contributed by atoms with Gasteiger partial charge in [0.25, 0.3) is 5.91 Å². The molecule has 1 aliphatic carbocycles. The zero-order chi connectivity index (χ0) is 21.3. The summed E-state index contributed by atoms with van der Waals surface area (Å²) >= 11 is 0. The van der Waals surface area contributed by atoms with Crippen LogP contribution < -0.4 is 5.32 Å². The van der Waals surface area contributed by atoms with Crippen LogP contribution in [0.15, 0.2) is 0 Å². The van der Waals surface area contributed by atoms with Crippen LogP contribution in [0.5, 0.6) is 0 Å². The maximum Gasteiger partial charge on any atom is 0.270 e. The van der Waals surface area contributed by atoms with Crippen molar-refractivity contribution in [1.29, 1.82) is 0 Å². The Bertz CT molecular complexity index is 910. The van der Waals surface area contributed by atoms with Crippen molar-refractivity contribution in [3.8, 4) is 0 Å². The molecule has 1 unspecified atom stereocenters. The lowest BCUT2D eigenvalue weighted by atomic mass is 10.0. The van der Waals surface area contributed by atoms with Crippen molar-refractivity contribution >= 4 is 5.91 Å². The molecule has 2 aromatic rings. The molecular weight excluding hydrogens is 386 g/mol. The highest BCUT2D eigenvalue weighted by Crippen LogP contribution is 2.33. The first kappa shape index (κ1) is 21.3. The van der Waals surface area contributed by atoms with Gasteiger partial charge in [-0.25, -0.2) is 17.6 Å². The van der Waals surface area contributed by atoms with Crippen LogP contribution in [-0.2, 0) is 26.4 Å². The first-order chi connectivity index (χ1) is 13.8. The van der Waals surface area contributed by atoms with Crippen LogP contribution in [0.2, 0.25) is 0 Å². The van der Waals surface area contributed by atoms with Crippen molar-refractivity contribution < 1.29 is 22.4 Å². The third-order valence-electron chi connectivity index (χ3n) is 5.59. The van der Waals surface area contributed by atoms with Crippen molar-refractivity contribution in [2.45, 2.75) is 64.8 Å². The number of rotatable bonds is 7. The average molecular weight is 411 g/mol. The molecule has 0 saturated heterocycles. The average Bonchev–Trinajstić information content (AvgIpc) is 3.20. The van der Waals surface area contributed by atoms with Gasteiger partial charge in [-0.1, -0.05) is 26.7 Å². The van der Waals surface area contributed by atoms with Gasteiger partial charge in [-0.15, -0.1) is 0 Å². The molecule has 3 rings (SSSR count). The van der Waals surface area contributed by atoms with Gasteiger partial charge in [0.1, 0.15) is 5.69 Å². The van der Waals surface area contributed by atoms with Crippen LogP contribution in [0.1, 0.15) is 78.3 Å². The van der Waals surface area contributed by atoms with E-state index < -0.39 is 46.8 Å². The molecule has 1 atom stereocenters. The number of halogens is 4. The molecule has 0 radical (unpaired) electrons. The smallest absolute Gasteiger partial charge is 0.270 e. The second-order valence-corrected chi connectivity index (χ2v) is 7.63. The van der Waals surface area contributed by atoms with E-state index in [4.69, 9.17) is 0 Å². The van der Waals surface area contributed by atoms with Crippen LogP contribution in [0.25, 0.3) is 0 Å². The van der Waals surface area contributed by atoms with E-state index in [1.165, 1.54) is 4.68 Å². The Balaban J connectivity index is 1.81. The van der Waals surface area contributed by atoms with Gasteiger partial charge in [-0.2, -0.15) is 5.10 Å². The molecule has 0 bridgehead atoms. The standard InChI is InChI=1S/C21H25F4N3O/c1-4-5-6-7-12-15(22)17(24)14(18(25)16(12)23)10-26-21(29)20-13-9-8-11(2)19(13)27-28(20)3/h11H,4-10H2,1-3H3,(H,26,29). The van der Waals surface area contributed by atoms with Gasteiger partial charge in [0, 0.05) is 36.2 Å². The summed E-state index contributed by atoms with van der Waals surface area (Å²) in [6.07, 6.45) is 3.43. The van der Waals surface area contributed by atoms with Crippen molar-refractivity contribution in [3.05, 3.63) is 51.3 Å². The van der Waals surface area contributed by atoms with Crippen molar-refractivity contribution in [2.75, 3.05) is 0 Å². The Morgan fingerprint density at radius 3 is 2.34 bits per heavy atom. The molecule has 4 nitrogen and oxygen atoms in total. The van der Waals surface area contributed by atoms with Crippen LogP contribution in [0, 0.1) is 23.3 Å². The molecule has 158 valence electrons. The number of hydrogen-bond acceptors (Lipinski definition) is 2. The molecule has 0 spiro atoms. The van der Waals surface area contributed by atoms with Crippen molar-refractivity contribution in [2.24, 2.45) is 7.05 Å². The Hall–Kier alpha value is -2.38. The van der Waals surface area contributed by atoms with E-state index in [9.17, 15) is 22.4 Å². The summed E-state index contributed by atoms with van der Waals surface area (Å²) in [6.45, 7) is 3.27. The third kappa shape index (κ3) is 3.89. The lowest BCUT2D eigenvalue weighted by Gasteiger charge is -2.13. The topological polar surface area (TPSA) is 46.9 Å². The summed E-state index contributed by atoms with van der Waals surface area (Å²) in [4.78, 5) is 12.6. The second kappa shape index (κ2) is 8.55. The van der Waals surface area contributed by atoms with Gasteiger partial charge in [0.2, 0.25) is 0 Å². The molecule has 1 aromatic carbocycles. The highest BCUT2D eigenvalue weighted by atomic mass is 19.2. The van der Waals surface area contributed by atoms with Crippen LogP contribution in [0.3, 0.4) is 0 Å². The second-order valence-electron chi connectivity index (χ2n) is 7.63. The van der Waals surface area contributed by atoms with E-state index >= 15 is 0 Å². The molecule has 0 fully saturated rings. The molecule has 0 aliphatic heterocycles. The minimum absolute atomic E-state index is 0.0780. The number of carbonyl (C=O) groups excluding carboxylic acids is 1. The fourth-order valence-corrected chi connectivity index (χ4v) is 3.91. The molecule has 1 aromatic heterocycles.